The Bertz CT molecular complexity index is 1250. The van der Waals surface area contributed by atoms with E-state index in [1.165, 1.54) is 12.8 Å². The zero-order valence-corrected chi connectivity index (χ0v) is 23.1. The molecule has 1 aromatic heterocycles. The summed E-state index contributed by atoms with van der Waals surface area (Å²) >= 11 is 5.75. The molecule has 3 N–H and O–H groups in total. The average Bonchev–Trinajstić information content (AvgIpc) is 2.90. The number of likely N-dealkylation sites (tertiary alicyclic amines) is 1. The Morgan fingerprint density at radius 1 is 1.13 bits per heavy atom. The van der Waals surface area contributed by atoms with Crippen LogP contribution in [0.15, 0.2) is 54.7 Å². The van der Waals surface area contributed by atoms with Crippen LogP contribution in [0.25, 0.3) is 0 Å². The van der Waals surface area contributed by atoms with Gasteiger partial charge < -0.3 is 25.0 Å². The number of piperidine rings is 1. The summed E-state index contributed by atoms with van der Waals surface area (Å²) in [4.78, 5) is 22.3. The van der Waals surface area contributed by atoms with Crippen LogP contribution in [0.1, 0.15) is 26.7 Å². The Hall–Kier alpha value is -3.63. The predicted molar refractivity (Wildman–Crippen MR) is 152 cm³/mol. The summed E-state index contributed by atoms with van der Waals surface area (Å²) in [5.41, 5.74) is 1.06. The molecule has 0 atom stereocenters. The lowest BCUT2D eigenvalue weighted by molar-refractivity contribution is 0.0589. The molecule has 1 amide bonds. The van der Waals surface area contributed by atoms with E-state index in [1.807, 2.05) is 38.1 Å². The van der Waals surface area contributed by atoms with Crippen LogP contribution in [0.4, 0.5) is 32.1 Å². The molecule has 39 heavy (non-hydrogen) atoms. The average molecular weight is 557 g/mol. The number of benzene rings is 2. The fourth-order valence-electron chi connectivity index (χ4n) is 4.10. The summed E-state index contributed by atoms with van der Waals surface area (Å²) in [5.74, 6) is 0.721. The van der Waals surface area contributed by atoms with Crippen molar-refractivity contribution in [3.8, 4) is 5.75 Å². The molecule has 1 fully saturated rings. The summed E-state index contributed by atoms with van der Waals surface area (Å²) < 4.78 is 25.6. The van der Waals surface area contributed by atoms with Gasteiger partial charge in [-0.15, -0.1) is 0 Å². The zero-order valence-electron chi connectivity index (χ0n) is 22.3. The molecule has 9 nitrogen and oxygen atoms in total. The molecule has 4 rings (SSSR count). The van der Waals surface area contributed by atoms with Crippen LogP contribution in [0, 0.1) is 11.7 Å². The van der Waals surface area contributed by atoms with Crippen LogP contribution in [-0.4, -0.2) is 59.9 Å². The summed E-state index contributed by atoms with van der Waals surface area (Å²) in [6.07, 6.45) is 2.69. The maximum absolute atomic E-state index is 13.9. The van der Waals surface area contributed by atoms with Gasteiger partial charge in [0.05, 0.1) is 19.3 Å². The van der Waals surface area contributed by atoms with Gasteiger partial charge >= 0.3 is 6.09 Å². The number of amides is 1. The van der Waals surface area contributed by atoms with E-state index < -0.39 is 17.5 Å². The Balaban J connectivity index is 1.23. The molecular formula is C28H34ClFN6O3. The number of nitrogens with zero attached hydrogens (tertiary/aromatic N) is 3. The van der Waals surface area contributed by atoms with Gasteiger partial charge in [-0.25, -0.2) is 14.2 Å². The van der Waals surface area contributed by atoms with Gasteiger partial charge in [0.25, 0.3) is 0 Å². The van der Waals surface area contributed by atoms with Crippen LogP contribution < -0.4 is 20.7 Å². The van der Waals surface area contributed by atoms with Crippen molar-refractivity contribution in [2.45, 2.75) is 32.3 Å². The first kappa shape index (κ1) is 28.4. The van der Waals surface area contributed by atoms with Crippen molar-refractivity contribution >= 4 is 40.6 Å². The largest absolute Gasteiger partial charge is 0.493 e. The third-order valence-electron chi connectivity index (χ3n) is 6.35. The molecule has 0 radical (unpaired) electrons. The lowest BCUT2D eigenvalue weighted by Gasteiger charge is -2.28. The second-order valence-electron chi connectivity index (χ2n) is 10.3. The van der Waals surface area contributed by atoms with Crippen molar-refractivity contribution in [2.75, 3.05) is 49.2 Å². The summed E-state index contributed by atoms with van der Waals surface area (Å²) in [7, 11) is 2.16. The normalized spacial score (nSPS) is 14.5. The zero-order chi connectivity index (χ0) is 27.8. The number of carbonyl (C=O) groups is 1. The number of hydrogen-bond acceptors (Lipinski definition) is 8. The number of hydrogen-bond donors (Lipinski definition) is 3. The van der Waals surface area contributed by atoms with Crippen molar-refractivity contribution in [3.05, 3.63) is 65.8 Å². The fourth-order valence-corrected chi connectivity index (χ4v) is 4.24. The second kappa shape index (κ2) is 12.9. The Kier molecular flexibility index (Phi) is 9.42. The highest BCUT2D eigenvalue weighted by atomic mass is 35.5. The van der Waals surface area contributed by atoms with E-state index in [2.05, 4.69) is 37.9 Å². The van der Waals surface area contributed by atoms with E-state index in [-0.39, 0.29) is 11.1 Å². The maximum Gasteiger partial charge on any atom is 0.412 e. The molecule has 208 valence electrons. The van der Waals surface area contributed by atoms with Gasteiger partial charge in [0.2, 0.25) is 5.28 Å². The smallest absolute Gasteiger partial charge is 0.412 e. The van der Waals surface area contributed by atoms with Gasteiger partial charge in [0.1, 0.15) is 11.4 Å². The topological polar surface area (TPSA) is 101 Å². The third kappa shape index (κ3) is 8.97. The Morgan fingerprint density at radius 3 is 2.59 bits per heavy atom. The highest BCUT2D eigenvalue weighted by molar-refractivity contribution is 6.28. The summed E-state index contributed by atoms with van der Waals surface area (Å²) in [6, 6.07) is 14.5. The van der Waals surface area contributed by atoms with Crippen LogP contribution in [0.2, 0.25) is 5.28 Å². The van der Waals surface area contributed by atoms with Gasteiger partial charge in [0.15, 0.2) is 11.6 Å². The first-order valence-electron chi connectivity index (χ1n) is 12.9. The molecule has 0 spiro atoms. The Labute approximate surface area is 233 Å². The van der Waals surface area contributed by atoms with Gasteiger partial charge in [0, 0.05) is 17.1 Å². The van der Waals surface area contributed by atoms with Crippen molar-refractivity contribution in [1.29, 1.82) is 0 Å². The van der Waals surface area contributed by atoms with Gasteiger partial charge in [-0.2, -0.15) is 4.98 Å². The molecule has 11 heteroatoms. The van der Waals surface area contributed by atoms with Crippen LogP contribution >= 0.6 is 11.6 Å². The molecule has 0 bridgehead atoms. The molecule has 1 aliphatic rings. The van der Waals surface area contributed by atoms with E-state index in [0.717, 1.165) is 37.3 Å². The van der Waals surface area contributed by atoms with Crippen molar-refractivity contribution < 1.29 is 18.7 Å². The van der Waals surface area contributed by atoms with E-state index >= 15 is 0 Å². The van der Waals surface area contributed by atoms with Gasteiger partial charge in [-0.05, 0) is 107 Å². The molecule has 0 aliphatic carbocycles. The minimum atomic E-state index is -0.801. The number of halogens is 2. The molecule has 2 heterocycles. The predicted octanol–water partition coefficient (Wildman–Crippen LogP) is 6.17. The van der Waals surface area contributed by atoms with E-state index in [9.17, 15) is 9.18 Å². The van der Waals surface area contributed by atoms with Crippen molar-refractivity contribution in [1.82, 2.24) is 14.9 Å². The second-order valence-corrected chi connectivity index (χ2v) is 10.6. The van der Waals surface area contributed by atoms with E-state index in [0.29, 0.717) is 23.8 Å². The molecule has 1 saturated heterocycles. The molecule has 3 aromatic rings. The number of rotatable bonds is 10. The third-order valence-corrected chi connectivity index (χ3v) is 6.53. The molecular weight excluding hydrogens is 523 g/mol. The SMILES string of the molecule is CN1CCC(COc2ccc(NCC(C)(C)OC(=O)Nc3cccc(Nc4nc(Cl)ncc4F)c3)cc2)CC1. The fraction of sp³-hybridized carbons (Fsp3) is 0.393. The number of ether oxygens (including phenoxy) is 2. The minimum absolute atomic E-state index is 0.0706. The van der Waals surface area contributed by atoms with Crippen LogP contribution in [0.5, 0.6) is 5.75 Å². The lowest BCUT2D eigenvalue weighted by atomic mass is 9.98. The first-order valence-corrected chi connectivity index (χ1v) is 13.2. The maximum atomic E-state index is 13.9. The first-order chi connectivity index (χ1) is 18.6. The van der Waals surface area contributed by atoms with Gasteiger partial charge in [-0.3, -0.25) is 5.32 Å². The molecule has 0 saturated carbocycles. The Morgan fingerprint density at radius 2 is 1.85 bits per heavy atom. The van der Waals surface area contributed by atoms with Crippen molar-refractivity contribution in [3.63, 3.8) is 0 Å². The van der Waals surface area contributed by atoms with Crippen LogP contribution in [0.3, 0.4) is 0 Å². The molecule has 2 aromatic carbocycles. The van der Waals surface area contributed by atoms with Crippen molar-refractivity contribution in [2.24, 2.45) is 5.92 Å². The highest BCUT2D eigenvalue weighted by Crippen LogP contribution is 2.23. The van der Waals surface area contributed by atoms with Crippen LogP contribution in [-0.2, 0) is 4.74 Å². The van der Waals surface area contributed by atoms with E-state index in [1.54, 1.807) is 24.3 Å². The number of nitrogens with one attached hydrogen (secondary N) is 3. The number of anilines is 4. The number of aromatic nitrogens is 2. The summed E-state index contributed by atoms with van der Waals surface area (Å²) in [6.45, 7) is 7.01. The quantitative estimate of drug-likeness (QED) is 0.255. The molecule has 0 unspecified atom stereocenters. The monoisotopic (exact) mass is 556 g/mol. The van der Waals surface area contributed by atoms with E-state index in [4.69, 9.17) is 21.1 Å². The number of carbonyl (C=O) groups excluding carboxylic acids is 1. The minimum Gasteiger partial charge on any atom is -0.493 e. The highest BCUT2D eigenvalue weighted by Gasteiger charge is 2.23. The lowest BCUT2D eigenvalue weighted by Crippen LogP contribution is -2.37. The molecule has 1 aliphatic heterocycles. The van der Waals surface area contributed by atoms with Gasteiger partial charge in [-0.1, -0.05) is 6.07 Å². The summed E-state index contributed by atoms with van der Waals surface area (Å²) in [5, 5.41) is 8.74. The standard InChI is InChI=1S/C28H34ClFN6O3/c1-28(2,18-32-20-7-9-23(10-8-20)38-17-19-11-13-36(3)14-12-19)39-27(37)34-22-6-4-5-21(15-22)33-25-24(30)16-31-26(29)35-25/h4-10,15-16,19,32H,11-14,17-18H2,1-3H3,(H,34,37)(H,31,33,35).